The monoisotopic (exact) mass is 420 g/mol. The summed E-state index contributed by atoms with van der Waals surface area (Å²) in [6, 6.07) is 12.0. The van der Waals surface area contributed by atoms with Gasteiger partial charge in [-0.3, -0.25) is 9.59 Å². The third-order valence-electron chi connectivity index (χ3n) is 4.33. The average Bonchev–Trinajstić information content (AvgIpc) is 2.68. The number of hydrogen-bond donors (Lipinski definition) is 3. The predicted octanol–water partition coefficient (Wildman–Crippen LogP) is 1.69. The van der Waals surface area contributed by atoms with Gasteiger partial charge in [-0.1, -0.05) is 11.6 Å². The fraction of sp³-hybridized carbons (Fsp3) is 0.333. The maximum absolute atomic E-state index is 12.4. The van der Waals surface area contributed by atoms with Crippen LogP contribution in [0.5, 0.6) is 11.5 Å². The minimum atomic E-state index is -0.275. The Labute approximate surface area is 175 Å². The summed E-state index contributed by atoms with van der Waals surface area (Å²) < 4.78 is 10.6. The Morgan fingerprint density at radius 1 is 1.03 bits per heavy atom. The minimum Gasteiger partial charge on any atom is -0.497 e. The van der Waals surface area contributed by atoms with Crippen LogP contribution in [0.2, 0.25) is 5.02 Å². The summed E-state index contributed by atoms with van der Waals surface area (Å²) in [5.41, 5.74) is 1.48. The lowest BCUT2D eigenvalue weighted by Gasteiger charge is -2.19. The molecule has 8 heteroatoms. The van der Waals surface area contributed by atoms with Gasteiger partial charge in [-0.15, -0.1) is 0 Å². The molecular formula is C21H27ClN3O4+. The van der Waals surface area contributed by atoms with E-state index < -0.39 is 0 Å². The molecule has 0 aliphatic carbocycles. The van der Waals surface area contributed by atoms with Gasteiger partial charge >= 0.3 is 0 Å². The van der Waals surface area contributed by atoms with Crippen molar-refractivity contribution in [2.75, 3.05) is 39.7 Å². The van der Waals surface area contributed by atoms with Crippen molar-refractivity contribution in [1.82, 2.24) is 5.32 Å². The number of anilines is 1. The molecule has 156 valence electrons. The van der Waals surface area contributed by atoms with Gasteiger partial charge in [0, 0.05) is 16.3 Å². The number of nitrogens with one attached hydrogen (secondary N) is 3. The molecule has 0 fully saturated rings. The molecule has 1 unspecified atom stereocenters. The molecule has 3 N–H and O–H groups in total. The molecule has 0 heterocycles. The van der Waals surface area contributed by atoms with Gasteiger partial charge in [-0.25, -0.2) is 0 Å². The zero-order valence-corrected chi connectivity index (χ0v) is 17.8. The molecule has 7 nitrogen and oxygen atoms in total. The molecule has 0 aromatic heterocycles. The van der Waals surface area contributed by atoms with E-state index in [0.29, 0.717) is 22.2 Å². The number of rotatable bonds is 9. The number of ether oxygens (including phenoxy) is 2. The first kappa shape index (κ1) is 22.5. The van der Waals surface area contributed by atoms with Gasteiger partial charge in [0.1, 0.15) is 11.5 Å². The second kappa shape index (κ2) is 10.7. The van der Waals surface area contributed by atoms with E-state index in [9.17, 15) is 9.59 Å². The molecular weight excluding hydrogens is 394 g/mol. The Bertz CT molecular complexity index is 842. The van der Waals surface area contributed by atoms with Crippen molar-refractivity contribution >= 4 is 29.1 Å². The van der Waals surface area contributed by atoms with Crippen molar-refractivity contribution in [3.8, 4) is 11.5 Å². The van der Waals surface area contributed by atoms with Crippen molar-refractivity contribution in [3.63, 3.8) is 0 Å². The molecule has 0 aliphatic rings. The molecule has 2 aromatic rings. The van der Waals surface area contributed by atoms with Gasteiger partial charge in [0.25, 0.3) is 11.8 Å². The highest BCUT2D eigenvalue weighted by atomic mass is 35.5. The second-order valence-electron chi connectivity index (χ2n) is 6.76. The van der Waals surface area contributed by atoms with Crippen LogP contribution < -0.4 is 25.0 Å². The molecule has 0 bridgehead atoms. The highest BCUT2D eigenvalue weighted by Crippen LogP contribution is 2.29. The quantitative estimate of drug-likeness (QED) is 0.576. The number of amides is 2. The summed E-state index contributed by atoms with van der Waals surface area (Å²) in [6.07, 6.45) is 0. The molecule has 2 rings (SSSR count). The van der Waals surface area contributed by atoms with Crippen LogP contribution in [0.15, 0.2) is 42.5 Å². The summed E-state index contributed by atoms with van der Waals surface area (Å²) in [6.45, 7) is 2.19. The first-order valence-electron chi connectivity index (χ1n) is 9.20. The van der Waals surface area contributed by atoms with Gasteiger partial charge in [-0.2, -0.15) is 0 Å². The predicted molar refractivity (Wildman–Crippen MR) is 113 cm³/mol. The van der Waals surface area contributed by atoms with E-state index in [1.165, 1.54) is 0 Å². The number of likely N-dealkylation sites (N-methyl/N-ethyl adjacent to an activating group) is 1. The number of hydrogen-bond acceptors (Lipinski definition) is 4. The zero-order valence-electron chi connectivity index (χ0n) is 17.0. The minimum absolute atomic E-state index is 0.157. The van der Waals surface area contributed by atoms with Crippen LogP contribution >= 0.6 is 11.6 Å². The van der Waals surface area contributed by atoms with Crippen LogP contribution in [0.4, 0.5) is 5.69 Å². The summed E-state index contributed by atoms with van der Waals surface area (Å²) >= 11 is 5.84. The number of halogens is 1. The van der Waals surface area contributed by atoms with Crippen molar-refractivity contribution < 1.29 is 24.0 Å². The number of carbonyl (C=O) groups is 2. The van der Waals surface area contributed by atoms with Gasteiger partial charge < -0.3 is 25.0 Å². The summed E-state index contributed by atoms with van der Waals surface area (Å²) in [5.74, 6) is 1.00. The van der Waals surface area contributed by atoms with Crippen LogP contribution in [0.1, 0.15) is 18.5 Å². The SMILES string of the molecule is COc1ccc(OC)c([C@H](C)NC(=O)C[NH+](C)CC(=O)Nc2ccc(Cl)cc2)c1. The van der Waals surface area contributed by atoms with E-state index in [1.807, 2.05) is 13.0 Å². The average molecular weight is 421 g/mol. The summed E-state index contributed by atoms with van der Waals surface area (Å²) in [7, 11) is 4.96. The molecule has 0 aliphatic heterocycles. The molecule has 2 aromatic carbocycles. The lowest BCUT2D eigenvalue weighted by Crippen LogP contribution is -3.11. The van der Waals surface area contributed by atoms with Gasteiger partial charge in [-0.05, 0) is 49.4 Å². The van der Waals surface area contributed by atoms with Crippen LogP contribution in [0, 0.1) is 0 Å². The van der Waals surface area contributed by atoms with Gasteiger partial charge in [0.2, 0.25) is 0 Å². The molecule has 0 saturated carbocycles. The van der Waals surface area contributed by atoms with Crippen molar-refractivity contribution in [2.24, 2.45) is 0 Å². The fourth-order valence-electron chi connectivity index (χ4n) is 2.90. The third-order valence-corrected chi connectivity index (χ3v) is 4.59. The smallest absolute Gasteiger partial charge is 0.279 e. The fourth-order valence-corrected chi connectivity index (χ4v) is 3.02. The number of methoxy groups -OCH3 is 2. The highest BCUT2D eigenvalue weighted by Gasteiger charge is 2.19. The van der Waals surface area contributed by atoms with Crippen molar-refractivity contribution in [3.05, 3.63) is 53.1 Å². The molecule has 2 amide bonds. The first-order chi connectivity index (χ1) is 13.8. The van der Waals surface area contributed by atoms with E-state index in [2.05, 4.69) is 10.6 Å². The molecule has 0 spiro atoms. The Kier molecular flexibility index (Phi) is 8.30. The van der Waals surface area contributed by atoms with Crippen LogP contribution in [-0.2, 0) is 9.59 Å². The highest BCUT2D eigenvalue weighted by molar-refractivity contribution is 6.30. The Morgan fingerprint density at radius 3 is 2.31 bits per heavy atom. The second-order valence-corrected chi connectivity index (χ2v) is 7.20. The van der Waals surface area contributed by atoms with Crippen molar-refractivity contribution in [1.29, 1.82) is 0 Å². The standard InChI is InChI=1S/C21H26ClN3O4/c1-14(18-11-17(28-3)9-10-19(18)29-4)23-20(26)12-25(2)13-21(27)24-16-7-5-15(22)6-8-16/h5-11,14H,12-13H2,1-4H3,(H,23,26)(H,24,27)/p+1/t14-/m0/s1. The number of benzene rings is 2. The molecule has 29 heavy (non-hydrogen) atoms. The zero-order chi connectivity index (χ0) is 21.4. The summed E-state index contributed by atoms with van der Waals surface area (Å²) in [5, 5.41) is 6.33. The lowest BCUT2D eigenvalue weighted by atomic mass is 10.1. The number of quaternary nitrogens is 1. The van der Waals surface area contributed by atoms with E-state index in [-0.39, 0.29) is 30.9 Å². The van der Waals surface area contributed by atoms with E-state index in [4.69, 9.17) is 21.1 Å². The largest absolute Gasteiger partial charge is 0.497 e. The Hall–Kier alpha value is -2.77. The van der Waals surface area contributed by atoms with Crippen LogP contribution in [0.25, 0.3) is 0 Å². The maximum Gasteiger partial charge on any atom is 0.279 e. The number of carbonyl (C=O) groups excluding carboxylic acids is 2. The van der Waals surface area contributed by atoms with Crippen LogP contribution in [0.3, 0.4) is 0 Å². The van der Waals surface area contributed by atoms with E-state index >= 15 is 0 Å². The van der Waals surface area contributed by atoms with E-state index in [1.54, 1.807) is 57.7 Å². The molecule has 0 radical (unpaired) electrons. The van der Waals surface area contributed by atoms with E-state index in [0.717, 1.165) is 10.5 Å². The third kappa shape index (κ3) is 6.96. The molecule has 2 atom stereocenters. The van der Waals surface area contributed by atoms with Gasteiger partial charge in [0.05, 0.1) is 27.3 Å². The first-order valence-corrected chi connectivity index (χ1v) is 9.58. The Morgan fingerprint density at radius 2 is 1.69 bits per heavy atom. The summed E-state index contributed by atoms with van der Waals surface area (Å²) in [4.78, 5) is 25.3. The topological polar surface area (TPSA) is 81.1 Å². The van der Waals surface area contributed by atoms with Crippen LogP contribution in [-0.4, -0.2) is 46.2 Å². The maximum atomic E-state index is 12.4. The van der Waals surface area contributed by atoms with Gasteiger partial charge in [0.15, 0.2) is 13.1 Å². The lowest BCUT2D eigenvalue weighted by molar-refractivity contribution is -0.862. The van der Waals surface area contributed by atoms with Crippen molar-refractivity contribution in [2.45, 2.75) is 13.0 Å². The normalized spacial score (nSPS) is 12.6. The molecule has 0 saturated heterocycles. The Balaban J connectivity index is 1.87.